The van der Waals surface area contributed by atoms with E-state index in [9.17, 15) is 19.5 Å². The molecule has 29 heavy (non-hydrogen) atoms. The molecular weight excluding hydrogens is 368 g/mol. The van der Waals surface area contributed by atoms with Gasteiger partial charge in [0.25, 0.3) is 5.91 Å². The number of hydrogen-bond donors (Lipinski definition) is 2. The predicted octanol–water partition coefficient (Wildman–Crippen LogP) is 2.96. The Morgan fingerprint density at radius 2 is 1.72 bits per heavy atom. The van der Waals surface area contributed by atoms with Gasteiger partial charge in [-0.15, -0.1) is 0 Å². The molecule has 0 radical (unpaired) electrons. The van der Waals surface area contributed by atoms with Crippen LogP contribution in [0.4, 0.5) is 0 Å². The van der Waals surface area contributed by atoms with Crippen LogP contribution >= 0.6 is 0 Å². The van der Waals surface area contributed by atoms with Crippen molar-refractivity contribution in [1.82, 2.24) is 10.2 Å². The van der Waals surface area contributed by atoms with E-state index >= 15 is 0 Å². The van der Waals surface area contributed by atoms with E-state index in [4.69, 9.17) is 0 Å². The Morgan fingerprint density at radius 1 is 1.07 bits per heavy atom. The van der Waals surface area contributed by atoms with Crippen molar-refractivity contribution in [3.05, 3.63) is 70.8 Å². The lowest BCUT2D eigenvalue weighted by atomic mass is 9.89. The largest absolute Gasteiger partial charge is 0.481 e. The zero-order valence-electron chi connectivity index (χ0n) is 16.9. The first-order valence-electron chi connectivity index (χ1n) is 9.75. The number of aliphatic carboxylic acids is 1. The molecule has 2 atom stereocenters. The minimum Gasteiger partial charge on any atom is -0.481 e. The summed E-state index contributed by atoms with van der Waals surface area (Å²) in [6.07, 6.45) is 0. The lowest BCUT2D eigenvalue weighted by molar-refractivity contribution is -0.142. The van der Waals surface area contributed by atoms with Crippen molar-refractivity contribution >= 4 is 17.8 Å². The normalized spacial score (nSPS) is 16.8. The second-order valence-corrected chi connectivity index (χ2v) is 7.82. The van der Waals surface area contributed by atoms with Gasteiger partial charge in [0.1, 0.15) is 6.04 Å². The summed E-state index contributed by atoms with van der Waals surface area (Å²) in [4.78, 5) is 39.4. The maximum absolute atomic E-state index is 13.3. The van der Waals surface area contributed by atoms with E-state index in [-0.39, 0.29) is 24.3 Å². The fraction of sp³-hybridized carbons (Fsp3) is 0.348. The van der Waals surface area contributed by atoms with Crippen molar-refractivity contribution in [2.45, 2.75) is 39.3 Å². The number of fused-ring (bicyclic) bond motifs is 1. The molecule has 0 spiro atoms. The number of carboxylic acids is 1. The van der Waals surface area contributed by atoms with Gasteiger partial charge in [-0.1, -0.05) is 56.3 Å². The maximum Gasteiger partial charge on any atom is 0.312 e. The number of carbonyl (C=O) groups is 3. The molecule has 2 N–H and O–H groups in total. The van der Waals surface area contributed by atoms with Crippen LogP contribution in [0.25, 0.3) is 0 Å². The van der Waals surface area contributed by atoms with Crippen molar-refractivity contribution in [3.63, 3.8) is 0 Å². The summed E-state index contributed by atoms with van der Waals surface area (Å²) in [5.74, 6) is -2.44. The Kier molecular flexibility index (Phi) is 6.01. The summed E-state index contributed by atoms with van der Waals surface area (Å²) in [6.45, 7) is 6.01. The number of hydrogen-bond acceptors (Lipinski definition) is 3. The fourth-order valence-electron chi connectivity index (χ4n) is 3.74. The third-order valence-electron chi connectivity index (χ3n) is 5.41. The van der Waals surface area contributed by atoms with Crippen molar-refractivity contribution in [1.29, 1.82) is 0 Å². The van der Waals surface area contributed by atoms with Crippen molar-refractivity contribution in [2.24, 2.45) is 5.92 Å². The van der Waals surface area contributed by atoms with Crippen molar-refractivity contribution < 1.29 is 19.5 Å². The molecule has 1 aliphatic heterocycles. The van der Waals surface area contributed by atoms with Crippen LogP contribution in [0.3, 0.4) is 0 Å². The van der Waals surface area contributed by atoms with Gasteiger partial charge in [-0.25, -0.2) is 0 Å². The van der Waals surface area contributed by atoms with E-state index in [1.807, 2.05) is 51.1 Å². The average Bonchev–Trinajstić information content (AvgIpc) is 2.70. The number of nitrogens with zero attached hydrogens (tertiary/aromatic N) is 1. The third-order valence-corrected chi connectivity index (χ3v) is 5.41. The van der Waals surface area contributed by atoms with Crippen molar-refractivity contribution in [2.75, 3.05) is 6.54 Å². The minimum absolute atomic E-state index is 0.0919. The molecule has 3 rings (SSSR count). The maximum atomic E-state index is 13.3. The summed E-state index contributed by atoms with van der Waals surface area (Å²) >= 11 is 0. The molecule has 1 aliphatic rings. The monoisotopic (exact) mass is 394 g/mol. The number of rotatable bonds is 5. The zero-order chi connectivity index (χ0) is 21.1. The molecule has 1 heterocycles. The van der Waals surface area contributed by atoms with Gasteiger partial charge in [0.2, 0.25) is 5.91 Å². The van der Waals surface area contributed by atoms with E-state index < -0.39 is 17.9 Å². The van der Waals surface area contributed by atoms with Gasteiger partial charge >= 0.3 is 5.97 Å². The number of carbonyl (C=O) groups excluding carboxylic acids is 2. The van der Waals surface area contributed by atoms with Gasteiger partial charge in [0, 0.05) is 18.7 Å². The molecule has 6 heteroatoms. The van der Waals surface area contributed by atoms with Crippen LogP contribution in [0.15, 0.2) is 48.5 Å². The first kappa shape index (κ1) is 20.6. The highest BCUT2D eigenvalue weighted by atomic mass is 16.4. The number of benzene rings is 2. The van der Waals surface area contributed by atoms with E-state index in [1.165, 1.54) is 0 Å². The Hall–Kier alpha value is -3.15. The number of nitrogens with one attached hydrogen (secondary N) is 1. The fourth-order valence-corrected chi connectivity index (χ4v) is 3.74. The molecule has 2 aromatic rings. The van der Waals surface area contributed by atoms with Gasteiger partial charge in [0.15, 0.2) is 0 Å². The average molecular weight is 394 g/mol. The lowest BCUT2D eigenvalue weighted by Crippen LogP contribution is -2.53. The van der Waals surface area contributed by atoms with Crippen LogP contribution in [0.5, 0.6) is 0 Å². The summed E-state index contributed by atoms with van der Waals surface area (Å²) in [6, 6.07) is 13.8. The Morgan fingerprint density at radius 3 is 2.38 bits per heavy atom. The molecule has 0 aliphatic carbocycles. The van der Waals surface area contributed by atoms with Gasteiger partial charge in [-0.3, -0.25) is 14.4 Å². The van der Waals surface area contributed by atoms with Crippen LogP contribution in [-0.4, -0.2) is 40.4 Å². The van der Waals surface area contributed by atoms with Gasteiger partial charge in [-0.2, -0.15) is 0 Å². The number of aryl methyl sites for hydroxylation is 1. The molecule has 2 aromatic carbocycles. The molecule has 0 bridgehead atoms. The minimum atomic E-state index is -0.958. The van der Waals surface area contributed by atoms with E-state index in [1.54, 1.807) is 23.1 Å². The quantitative estimate of drug-likeness (QED) is 0.816. The molecule has 0 fully saturated rings. The highest BCUT2D eigenvalue weighted by molar-refractivity contribution is 5.98. The molecule has 152 valence electrons. The van der Waals surface area contributed by atoms with E-state index in [0.717, 1.165) is 16.7 Å². The van der Waals surface area contributed by atoms with Gasteiger partial charge < -0.3 is 15.3 Å². The zero-order valence-corrected chi connectivity index (χ0v) is 16.9. The molecule has 6 nitrogen and oxygen atoms in total. The molecule has 0 saturated heterocycles. The van der Waals surface area contributed by atoms with Crippen LogP contribution < -0.4 is 5.32 Å². The Balaban J connectivity index is 1.83. The van der Waals surface area contributed by atoms with Crippen LogP contribution in [0.1, 0.15) is 46.8 Å². The molecule has 2 amide bonds. The standard InChI is InChI=1S/C23H26N2O4/c1-14(2)20(24-21(26)17-10-6-4-8-15(17)3)22(27)25-12-16-9-5-7-11-18(16)19(13-25)23(28)29/h4-11,14,19-20H,12-13H2,1-3H3,(H,24,26)(H,28,29). The van der Waals surface area contributed by atoms with Crippen LogP contribution in [0, 0.1) is 12.8 Å². The molecule has 0 saturated carbocycles. The predicted molar refractivity (Wildman–Crippen MR) is 110 cm³/mol. The summed E-state index contributed by atoms with van der Waals surface area (Å²) in [7, 11) is 0. The molecule has 2 unspecified atom stereocenters. The van der Waals surface area contributed by atoms with Crippen LogP contribution in [-0.2, 0) is 16.1 Å². The summed E-state index contributed by atoms with van der Waals surface area (Å²) < 4.78 is 0. The molecule has 0 aromatic heterocycles. The van der Waals surface area contributed by atoms with E-state index in [0.29, 0.717) is 12.1 Å². The van der Waals surface area contributed by atoms with Crippen LogP contribution in [0.2, 0.25) is 0 Å². The third kappa shape index (κ3) is 4.31. The van der Waals surface area contributed by atoms with Crippen molar-refractivity contribution in [3.8, 4) is 0 Å². The first-order valence-corrected chi connectivity index (χ1v) is 9.75. The topological polar surface area (TPSA) is 86.7 Å². The summed E-state index contributed by atoms with van der Waals surface area (Å²) in [5.41, 5.74) is 2.93. The Bertz CT molecular complexity index is 938. The van der Waals surface area contributed by atoms with Gasteiger partial charge in [0.05, 0.1) is 5.92 Å². The smallest absolute Gasteiger partial charge is 0.312 e. The second-order valence-electron chi connectivity index (χ2n) is 7.82. The number of amides is 2. The SMILES string of the molecule is Cc1ccccc1C(=O)NC(C(=O)N1Cc2ccccc2C(C(=O)O)C1)C(C)C. The number of carboxylic acid groups (broad SMARTS) is 1. The first-order chi connectivity index (χ1) is 13.8. The van der Waals surface area contributed by atoms with E-state index in [2.05, 4.69) is 5.32 Å². The molecular formula is C23H26N2O4. The lowest BCUT2D eigenvalue weighted by Gasteiger charge is -2.36. The highest BCUT2D eigenvalue weighted by Gasteiger charge is 2.36. The summed E-state index contributed by atoms with van der Waals surface area (Å²) in [5, 5.41) is 12.5. The highest BCUT2D eigenvalue weighted by Crippen LogP contribution is 2.29. The second kappa shape index (κ2) is 8.47. The van der Waals surface area contributed by atoms with Gasteiger partial charge in [-0.05, 0) is 35.6 Å². The Labute approximate surface area is 170 Å².